The van der Waals surface area contributed by atoms with Gasteiger partial charge in [0, 0.05) is 22.2 Å². The van der Waals surface area contributed by atoms with Crippen molar-refractivity contribution in [2.24, 2.45) is 0 Å². The number of thiophene rings is 1. The molecule has 0 aliphatic carbocycles. The third kappa shape index (κ3) is 4.69. The molecule has 0 fully saturated rings. The van der Waals surface area contributed by atoms with E-state index in [4.69, 9.17) is 0 Å². The first-order valence-electron chi connectivity index (χ1n) is 8.16. The molecule has 0 spiro atoms. The molecule has 1 unspecified atom stereocenters. The highest BCUT2D eigenvalue weighted by Crippen LogP contribution is 2.24. The van der Waals surface area contributed by atoms with Gasteiger partial charge in [0.15, 0.2) is 0 Å². The molecule has 0 aliphatic heterocycles. The van der Waals surface area contributed by atoms with Crippen LogP contribution < -0.4 is 5.32 Å². The molecule has 0 aliphatic rings. The number of aryl methyl sites for hydroxylation is 2. The van der Waals surface area contributed by atoms with Gasteiger partial charge in [-0.3, -0.25) is 0 Å². The van der Waals surface area contributed by atoms with E-state index in [9.17, 15) is 0 Å². The first-order chi connectivity index (χ1) is 10.3. The van der Waals surface area contributed by atoms with Crippen LogP contribution in [0.25, 0.3) is 0 Å². The summed E-state index contributed by atoms with van der Waals surface area (Å²) in [4.78, 5) is 2.97. The molecular weight excluding hydrogens is 274 g/mol. The lowest BCUT2D eigenvalue weighted by molar-refractivity contribution is 0.532. The van der Waals surface area contributed by atoms with Gasteiger partial charge in [-0.15, -0.1) is 11.3 Å². The highest BCUT2D eigenvalue weighted by Gasteiger charge is 2.12. The number of hydrogen-bond donors (Lipinski definition) is 1. The van der Waals surface area contributed by atoms with Gasteiger partial charge in [-0.1, -0.05) is 45.0 Å². The number of hydrogen-bond acceptors (Lipinski definition) is 2. The lowest BCUT2D eigenvalue weighted by Crippen LogP contribution is -2.23. The fraction of sp³-hybridized carbons (Fsp3) is 0.474. The molecule has 0 bridgehead atoms. The van der Waals surface area contributed by atoms with Gasteiger partial charge >= 0.3 is 0 Å². The molecule has 1 heterocycles. The van der Waals surface area contributed by atoms with Gasteiger partial charge in [0.2, 0.25) is 0 Å². The normalized spacial score (nSPS) is 12.5. The van der Waals surface area contributed by atoms with Gasteiger partial charge in [-0.25, -0.2) is 0 Å². The summed E-state index contributed by atoms with van der Waals surface area (Å²) >= 11 is 1.96. The summed E-state index contributed by atoms with van der Waals surface area (Å²) in [5, 5.41) is 3.71. The zero-order chi connectivity index (χ0) is 15.1. The average molecular weight is 301 g/mol. The molecule has 1 nitrogen and oxygen atoms in total. The Morgan fingerprint density at radius 1 is 0.905 bits per heavy atom. The summed E-state index contributed by atoms with van der Waals surface area (Å²) in [5.41, 5.74) is 2.82. The Labute approximate surface area is 133 Å². The van der Waals surface area contributed by atoms with Gasteiger partial charge in [0.25, 0.3) is 0 Å². The van der Waals surface area contributed by atoms with E-state index in [1.54, 1.807) is 0 Å². The van der Waals surface area contributed by atoms with Crippen LogP contribution in [0.2, 0.25) is 0 Å². The molecule has 114 valence electrons. The average Bonchev–Trinajstić information content (AvgIpc) is 2.99. The maximum absolute atomic E-state index is 3.71. The van der Waals surface area contributed by atoms with Gasteiger partial charge in [0.05, 0.1) is 0 Å². The van der Waals surface area contributed by atoms with Crippen molar-refractivity contribution >= 4 is 11.3 Å². The van der Waals surface area contributed by atoms with Crippen molar-refractivity contribution in [2.75, 3.05) is 6.54 Å². The molecule has 1 N–H and O–H groups in total. The van der Waals surface area contributed by atoms with Crippen molar-refractivity contribution < 1.29 is 0 Å². The fourth-order valence-corrected chi connectivity index (χ4v) is 3.54. The maximum atomic E-state index is 3.71. The van der Waals surface area contributed by atoms with Crippen molar-refractivity contribution in [3.05, 3.63) is 57.3 Å². The van der Waals surface area contributed by atoms with Crippen LogP contribution in [0, 0.1) is 0 Å². The van der Waals surface area contributed by atoms with Crippen LogP contribution in [-0.2, 0) is 19.3 Å². The summed E-state index contributed by atoms with van der Waals surface area (Å²) in [6.45, 7) is 7.74. The van der Waals surface area contributed by atoms with E-state index in [2.05, 4.69) is 62.5 Å². The molecule has 0 amide bonds. The van der Waals surface area contributed by atoms with E-state index in [1.807, 2.05) is 11.3 Å². The number of rotatable bonds is 8. The predicted molar refractivity (Wildman–Crippen MR) is 94.3 cm³/mol. The Morgan fingerprint density at radius 3 is 2.19 bits per heavy atom. The molecule has 2 heteroatoms. The molecule has 1 atom stereocenters. The van der Waals surface area contributed by atoms with Crippen LogP contribution in [0.15, 0.2) is 36.4 Å². The largest absolute Gasteiger partial charge is 0.310 e. The van der Waals surface area contributed by atoms with Crippen LogP contribution in [-0.4, -0.2) is 6.54 Å². The van der Waals surface area contributed by atoms with Crippen molar-refractivity contribution in [3.63, 3.8) is 0 Å². The second kappa shape index (κ2) is 8.35. The standard InChI is InChI=1S/C19H27NS/c1-4-13-20-19(14-18-12-11-17(6-3)21-18)16-9-7-15(5-2)8-10-16/h7-12,19-20H,4-6,13-14H2,1-3H3. The molecular formula is C19H27NS. The van der Waals surface area contributed by atoms with Crippen molar-refractivity contribution in [1.29, 1.82) is 0 Å². The van der Waals surface area contributed by atoms with Gasteiger partial charge in [-0.2, -0.15) is 0 Å². The summed E-state index contributed by atoms with van der Waals surface area (Å²) in [6, 6.07) is 14.1. The highest BCUT2D eigenvalue weighted by atomic mass is 32.1. The smallest absolute Gasteiger partial charge is 0.0368 e. The quantitative estimate of drug-likeness (QED) is 0.710. The van der Waals surface area contributed by atoms with Crippen LogP contribution in [0.4, 0.5) is 0 Å². The van der Waals surface area contributed by atoms with Crippen LogP contribution in [0.1, 0.15) is 54.1 Å². The molecule has 1 aromatic carbocycles. The summed E-state index contributed by atoms with van der Waals surface area (Å²) in [5.74, 6) is 0. The van der Waals surface area contributed by atoms with E-state index in [0.717, 1.165) is 25.8 Å². The van der Waals surface area contributed by atoms with E-state index >= 15 is 0 Å². The number of nitrogens with one attached hydrogen (secondary N) is 1. The van der Waals surface area contributed by atoms with Crippen LogP contribution in [0.3, 0.4) is 0 Å². The summed E-state index contributed by atoms with van der Waals surface area (Å²) in [6.07, 6.45) is 4.52. The van der Waals surface area contributed by atoms with Crippen molar-refractivity contribution in [1.82, 2.24) is 5.32 Å². The van der Waals surface area contributed by atoms with E-state index < -0.39 is 0 Å². The second-order valence-corrected chi connectivity index (χ2v) is 6.78. The zero-order valence-corrected chi connectivity index (χ0v) is 14.3. The highest BCUT2D eigenvalue weighted by molar-refractivity contribution is 7.11. The topological polar surface area (TPSA) is 12.0 Å². The van der Waals surface area contributed by atoms with E-state index in [-0.39, 0.29) is 0 Å². The van der Waals surface area contributed by atoms with E-state index in [1.165, 1.54) is 27.3 Å². The lowest BCUT2D eigenvalue weighted by Gasteiger charge is -2.19. The first-order valence-corrected chi connectivity index (χ1v) is 8.98. The lowest BCUT2D eigenvalue weighted by atomic mass is 10.0. The van der Waals surface area contributed by atoms with Gasteiger partial charge in [-0.05, 0) is 49.1 Å². The third-order valence-corrected chi connectivity index (χ3v) is 5.15. The van der Waals surface area contributed by atoms with Gasteiger partial charge < -0.3 is 5.32 Å². The Morgan fingerprint density at radius 2 is 1.62 bits per heavy atom. The zero-order valence-electron chi connectivity index (χ0n) is 13.5. The number of benzene rings is 1. The molecule has 21 heavy (non-hydrogen) atoms. The van der Waals surface area contributed by atoms with Gasteiger partial charge in [0.1, 0.15) is 0 Å². The summed E-state index contributed by atoms with van der Waals surface area (Å²) < 4.78 is 0. The van der Waals surface area contributed by atoms with Crippen molar-refractivity contribution in [2.45, 2.75) is 52.5 Å². The Balaban J connectivity index is 2.12. The molecule has 1 aromatic heterocycles. The predicted octanol–water partition coefficient (Wildman–Crippen LogP) is 5.16. The Bertz CT molecular complexity index is 527. The third-order valence-electron chi connectivity index (χ3n) is 3.90. The summed E-state index contributed by atoms with van der Waals surface area (Å²) in [7, 11) is 0. The van der Waals surface area contributed by atoms with Crippen LogP contribution in [0.5, 0.6) is 0 Å². The molecule has 2 rings (SSSR count). The first kappa shape index (κ1) is 16.3. The Hall–Kier alpha value is -1.12. The fourth-order valence-electron chi connectivity index (χ4n) is 2.54. The van der Waals surface area contributed by atoms with Crippen molar-refractivity contribution in [3.8, 4) is 0 Å². The van der Waals surface area contributed by atoms with Crippen LogP contribution >= 0.6 is 11.3 Å². The SMILES string of the molecule is CCCNC(Cc1ccc(CC)s1)c1ccc(CC)cc1. The minimum absolute atomic E-state index is 0.430. The molecule has 2 aromatic rings. The molecule has 0 saturated heterocycles. The second-order valence-electron chi connectivity index (χ2n) is 5.53. The maximum Gasteiger partial charge on any atom is 0.0368 e. The Kier molecular flexibility index (Phi) is 6.47. The monoisotopic (exact) mass is 301 g/mol. The minimum Gasteiger partial charge on any atom is -0.310 e. The minimum atomic E-state index is 0.430. The molecule has 0 radical (unpaired) electrons. The van der Waals surface area contributed by atoms with E-state index in [0.29, 0.717) is 6.04 Å². The molecule has 0 saturated carbocycles.